The topological polar surface area (TPSA) is 473 Å². The van der Waals surface area contributed by atoms with Gasteiger partial charge in [-0.05, 0) is 201 Å². The Morgan fingerprint density at radius 2 is 0.521 bits per heavy atom. The zero-order chi connectivity index (χ0) is 100. The van der Waals surface area contributed by atoms with Gasteiger partial charge in [0, 0.05) is 182 Å². The van der Waals surface area contributed by atoms with Crippen LogP contribution in [0, 0.1) is 0 Å². The molecule has 3 aliphatic rings. The molecule has 15 N–H and O–H groups in total. The maximum absolute atomic E-state index is 6.55. The number of aromatic nitrogens is 25. The van der Waals surface area contributed by atoms with E-state index in [1.54, 1.807) is 54.4 Å². The lowest BCUT2D eigenvalue weighted by Gasteiger charge is -2.27. The van der Waals surface area contributed by atoms with E-state index in [9.17, 15) is 0 Å². The van der Waals surface area contributed by atoms with Crippen LogP contribution in [0.15, 0.2) is 214 Å². The number of nitrogen functional groups attached to an aromatic ring is 5. The molecule has 0 aliphatic heterocycles. The number of nitrogens with two attached hydrogens (primary N) is 5. The maximum Gasteiger partial charge on any atom is 0.169 e. The number of benzene rings is 5. The van der Waals surface area contributed by atoms with E-state index in [4.69, 9.17) is 117 Å². The summed E-state index contributed by atoms with van der Waals surface area (Å²) in [6.45, 7) is 10.2. The van der Waals surface area contributed by atoms with E-state index in [1.807, 2.05) is 253 Å². The van der Waals surface area contributed by atoms with Crippen LogP contribution >= 0.6 is 58.0 Å². The summed E-state index contributed by atoms with van der Waals surface area (Å²) in [6.07, 6.45) is 28.3. The van der Waals surface area contributed by atoms with Gasteiger partial charge in [-0.25, -0.2) is 49.8 Å². The lowest BCUT2D eigenvalue weighted by molar-refractivity contribution is 0.444. The predicted octanol–water partition coefficient (Wildman–Crippen LogP) is 21.6. The van der Waals surface area contributed by atoms with Crippen molar-refractivity contribution in [2.24, 2.45) is 35.2 Å². The third-order valence-electron chi connectivity index (χ3n) is 24.0. The molecule has 20 aromatic rings. The van der Waals surface area contributed by atoms with Crippen molar-refractivity contribution in [1.82, 2.24) is 124 Å². The molecule has 728 valence electrons. The first kappa shape index (κ1) is 96.9. The van der Waals surface area contributed by atoms with Crippen LogP contribution in [0.2, 0.25) is 25.1 Å². The van der Waals surface area contributed by atoms with Crippen molar-refractivity contribution in [3.05, 3.63) is 239 Å². The van der Waals surface area contributed by atoms with Crippen molar-refractivity contribution in [1.29, 1.82) is 0 Å². The highest BCUT2D eigenvalue weighted by molar-refractivity contribution is 6.37. The molecule has 0 radical (unpaired) electrons. The van der Waals surface area contributed by atoms with Gasteiger partial charge >= 0.3 is 0 Å². The smallest absolute Gasteiger partial charge is 0.169 e. The minimum Gasteiger partial charge on any atom is -0.381 e. The molecule has 0 bridgehead atoms. The Bertz CT molecular complexity index is 8040. The predicted molar refractivity (Wildman–Crippen MR) is 578 cm³/mol. The van der Waals surface area contributed by atoms with Gasteiger partial charge in [0.05, 0.1) is 52.7 Å². The lowest BCUT2D eigenvalue weighted by Crippen LogP contribution is -2.28. The molecule has 144 heavy (non-hydrogen) atoms. The average molecular weight is 2020 g/mol. The fourth-order valence-electron chi connectivity index (χ4n) is 16.8. The van der Waals surface area contributed by atoms with Crippen LogP contribution in [-0.2, 0) is 35.2 Å². The third-order valence-corrected chi connectivity index (χ3v) is 25.5. The first-order valence-corrected chi connectivity index (χ1v) is 48.7. The molecule has 3 aliphatic carbocycles. The highest BCUT2D eigenvalue weighted by atomic mass is 35.5. The molecule has 15 heterocycles. The summed E-state index contributed by atoms with van der Waals surface area (Å²) in [6, 6.07) is 49.5. The Morgan fingerprint density at radius 3 is 0.743 bits per heavy atom. The van der Waals surface area contributed by atoms with Crippen LogP contribution in [0.25, 0.3) is 168 Å². The summed E-state index contributed by atoms with van der Waals surface area (Å²) in [5.41, 5.74) is 48.8. The van der Waals surface area contributed by atoms with Gasteiger partial charge in [0.25, 0.3) is 0 Å². The van der Waals surface area contributed by atoms with Crippen molar-refractivity contribution in [3.8, 4) is 113 Å². The van der Waals surface area contributed by atoms with Crippen molar-refractivity contribution >= 4 is 171 Å². The number of nitrogens with zero attached hydrogens (tertiary/aromatic N) is 25. The van der Waals surface area contributed by atoms with Crippen molar-refractivity contribution < 1.29 is 0 Å². The van der Waals surface area contributed by atoms with E-state index in [0.29, 0.717) is 187 Å². The summed E-state index contributed by atoms with van der Waals surface area (Å²) in [5, 5.41) is 46.8. The van der Waals surface area contributed by atoms with E-state index in [1.165, 1.54) is 19.3 Å². The zero-order valence-electron chi connectivity index (χ0n) is 80.3. The number of aryl methyl sites for hydroxylation is 5. The van der Waals surface area contributed by atoms with Gasteiger partial charge in [0.15, 0.2) is 58.2 Å². The molecule has 0 atom stereocenters. The second-order valence-electron chi connectivity index (χ2n) is 36.8. The Hall–Kier alpha value is -16.0. The molecule has 3 saturated carbocycles. The van der Waals surface area contributed by atoms with Crippen LogP contribution in [0.3, 0.4) is 0 Å². The SMILES string of the molecule is CC(C)Nc1nc(-c2cc(Cl)c3ncccc3c2)c(-c2ccn(C)n2)nc1N.Cn1ccc(-c2nc(N)c(NC(C)(C)C)nc2-c2cc(Cl)c3ncccc3c2)n1.Cn1ccc(-c2nc(N)c(NC3CC3)nc2-c2cc(Cl)c3ncccc3c2)n1.Cn1ccc(-c2nc(N)c(NC3CCC3)nc2-c2cc(Cl)c3ncccc3c2)n1.Cn1ccc(-c2nc(N)c(NC3CCCC3)nc2-c2cc(Cl)c3ncccc3c2)n1. The molecule has 0 unspecified atom stereocenters. The highest BCUT2D eigenvalue weighted by Crippen LogP contribution is 2.44. The number of rotatable bonds is 19. The summed E-state index contributed by atoms with van der Waals surface area (Å²) >= 11 is 32.6. The number of fused-ring (bicyclic) bond motifs is 5. The molecule has 3 fully saturated rings. The van der Waals surface area contributed by atoms with Crippen LogP contribution in [0.5, 0.6) is 0 Å². The van der Waals surface area contributed by atoms with Gasteiger partial charge in [-0.3, -0.25) is 48.3 Å². The van der Waals surface area contributed by atoms with Gasteiger partial charge in [-0.15, -0.1) is 0 Å². The molecule has 23 rings (SSSR count). The van der Waals surface area contributed by atoms with Crippen LogP contribution in [0.1, 0.15) is 92.4 Å². The van der Waals surface area contributed by atoms with E-state index in [-0.39, 0.29) is 11.6 Å². The number of hydrogen-bond acceptors (Lipinski definition) is 30. The largest absolute Gasteiger partial charge is 0.381 e. The van der Waals surface area contributed by atoms with Gasteiger partial charge in [-0.1, -0.05) is 101 Å². The summed E-state index contributed by atoms with van der Waals surface area (Å²) in [4.78, 5) is 69.4. The number of hydrogen-bond donors (Lipinski definition) is 10. The minimum atomic E-state index is -0.225. The van der Waals surface area contributed by atoms with Crippen molar-refractivity contribution in [2.45, 2.75) is 122 Å². The second-order valence-corrected chi connectivity index (χ2v) is 38.8. The number of halogens is 5. The Morgan fingerprint density at radius 1 is 0.292 bits per heavy atom. The van der Waals surface area contributed by atoms with E-state index >= 15 is 0 Å². The van der Waals surface area contributed by atoms with Gasteiger partial charge in [-0.2, -0.15) is 25.5 Å². The average Bonchev–Trinajstić information content (AvgIpc) is 1.12. The highest BCUT2D eigenvalue weighted by Gasteiger charge is 2.31. The molecular weight excluding hydrogens is 1920 g/mol. The van der Waals surface area contributed by atoms with Crippen LogP contribution < -0.4 is 55.3 Å². The van der Waals surface area contributed by atoms with E-state index < -0.39 is 0 Å². The molecule has 0 amide bonds. The summed E-state index contributed by atoms with van der Waals surface area (Å²) < 4.78 is 8.63. The normalized spacial score (nSPS) is 13.1. The summed E-state index contributed by atoms with van der Waals surface area (Å²) in [7, 11) is 9.31. The number of pyridine rings is 5. The minimum absolute atomic E-state index is 0.162. The second kappa shape index (κ2) is 41.3. The Balaban J connectivity index is 0.000000114. The van der Waals surface area contributed by atoms with Gasteiger partial charge in [0.2, 0.25) is 0 Å². The van der Waals surface area contributed by atoms with Crippen molar-refractivity contribution in [2.75, 3.05) is 55.3 Å². The molecule has 0 spiro atoms. The van der Waals surface area contributed by atoms with Crippen LogP contribution in [0.4, 0.5) is 58.2 Å². The lowest BCUT2D eigenvalue weighted by atomic mass is 9.93. The standard InChI is InChI=1S/C22H22ClN7.C21H20ClN7.C21H22ClN7.C20H18ClN7.C20H20ClN7/c1-30-10-8-17(29-30)20-19(14-11-13-5-4-9-25-18(13)16(23)12-14)28-22(21(24)27-20)26-15-6-2-3-7-15;1-29-9-7-16(28-29)19-18(27-21(20(23)26-19)25-14-5-2-6-14)13-10-12-4-3-8-24-17(12)15(22)11-13;1-21(2,3)27-20-19(23)25-18(15-7-9-29(4)28-15)17(26-20)13-10-12-6-5-8-24-16(12)14(22)11-13;1-28-8-6-15(27-28)18-17(26-20(19(22)25-18)24-13-4-5-13)12-9-11-3-2-7-23-16(11)14(21)10-12;1-11(2)24-20-19(22)25-18(15-6-8-28(3)27-15)17(26-20)13-9-12-5-4-7-23-16(12)14(21)10-13/h4-5,8-12,15H,2-3,6-7H2,1H3,(H2,24,27)(H,26,28);3-4,7-11,14H,2,5-6H2,1H3,(H2,23,26)(H,25,27);5-11H,1-4H3,(H2,23,25)(H,26,27);2-3,6-10,13H,4-5H2,1H3,(H2,22,25)(H,24,26);4-11H,1-3H3,(H2,22,25)(H,24,26). The quantitative estimate of drug-likeness (QED) is 0.0359. The molecule has 35 nitrogen and oxygen atoms in total. The number of anilines is 10. The Kier molecular flexibility index (Phi) is 27.8. The first-order valence-electron chi connectivity index (χ1n) is 46.8. The van der Waals surface area contributed by atoms with Crippen LogP contribution in [-0.4, -0.2) is 153 Å². The number of nitrogens with one attached hydrogen (secondary N) is 5. The monoisotopic (exact) mass is 2020 g/mol. The first-order chi connectivity index (χ1) is 69.4. The van der Waals surface area contributed by atoms with E-state index in [2.05, 4.69) is 96.9 Å². The fraction of sp³-hybridized carbons (Fsp3) is 0.231. The molecule has 5 aromatic carbocycles. The molecule has 0 saturated heterocycles. The van der Waals surface area contributed by atoms with Gasteiger partial charge in [0.1, 0.15) is 85.4 Å². The Labute approximate surface area is 853 Å². The molecular formula is C104H102Cl5N35. The zero-order valence-corrected chi connectivity index (χ0v) is 84.1. The summed E-state index contributed by atoms with van der Waals surface area (Å²) in [5.74, 6) is 4.62. The molecule has 15 aromatic heterocycles. The van der Waals surface area contributed by atoms with Gasteiger partial charge < -0.3 is 55.3 Å². The third kappa shape index (κ3) is 21.7. The molecule has 40 heteroatoms. The fourth-order valence-corrected chi connectivity index (χ4v) is 18.2. The van der Waals surface area contributed by atoms with Crippen molar-refractivity contribution in [3.63, 3.8) is 0 Å². The maximum atomic E-state index is 6.55. The van der Waals surface area contributed by atoms with E-state index in [0.717, 1.165) is 121 Å².